The minimum absolute atomic E-state index is 0.0777. The third-order valence-electron chi connectivity index (χ3n) is 3.77. The van der Waals surface area contributed by atoms with Crippen LogP contribution in [0.15, 0.2) is 0 Å². The summed E-state index contributed by atoms with van der Waals surface area (Å²) in [4.78, 5) is 2.44. The van der Waals surface area contributed by atoms with E-state index >= 15 is 0 Å². The molecular formula is C15H34N2O3. The maximum absolute atomic E-state index is 5.93. The van der Waals surface area contributed by atoms with Crippen molar-refractivity contribution in [1.82, 2.24) is 4.90 Å². The number of methoxy groups -OCH3 is 1. The minimum atomic E-state index is 0.0777. The van der Waals surface area contributed by atoms with Crippen LogP contribution in [-0.4, -0.2) is 70.2 Å². The molecule has 0 aromatic carbocycles. The number of nitrogens with zero attached hydrogens (tertiary/aromatic N) is 1. The fourth-order valence-electron chi connectivity index (χ4n) is 2.06. The number of rotatable bonds is 14. The molecule has 122 valence electrons. The van der Waals surface area contributed by atoms with Gasteiger partial charge in [-0.25, -0.2) is 0 Å². The first-order valence-corrected chi connectivity index (χ1v) is 7.74. The van der Waals surface area contributed by atoms with Crippen LogP contribution in [0.25, 0.3) is 0 Å². The van der Waals surface area contributed by atoms with E-state index in [2.05, 4.69) is 25.7 Å². The van der Waals surface area contributed by atoms with E-state index in [0.29, 0.717) is 33.0 Å². The van der Waals surface area contributed by atoms with Gasteiger partial charge in [0.25, 0.3) is 0 Å². The highest BCUT2D eigenvalue weighted by atomic mass is 16.5. The molecule has 0 amide bonds. The molecule has 0 radical (unpaired) electrons. The SMILES string of the molecule is CCCN(CCOCCOCCOC)C(C)(CC)CN. The zero-order valence-electron chi connectivity index (χ0n) is 13.8. The predicted molar refractivity (Wildman–Crippen MR) is 83.1 cm³/mol. The van der Waals surface area contributed by atoms with Crippen LogP contribution in [0.4, 0.5) is 0 Å². The van der Waals surface area contributed by atoms with Crippen molar-refractivity contribution >= 4 is 0 Å². The summed E-state index contributed by atoms with van der Waals surface area (Å²) < 4.78 is 15.9. The van der Waals surface area contributed by atoms with Crippen molar-refractivity contribution < 1.29 is 14.2 Å². The molecular weight excluding hydrogens is 256 g/mol. The number of ether oxygens (including phenoxy) is 3. The molecule has 0 aliphatic carbocycles. The molecule has 0 saturated carbocycles. The van der Waals surface area contributed by atoms with Gasteiger partial charge in [-0.1, -0.05) is 13.8 Å². The Morgan fingerprint density at radius 1 is 0.950 bits per heavy atom. The van der Waals surface area contributed by atoms with E-state index in [1.54, 1.807) is 7.11 Å². The third-order valence-corrected chi connectivity index (χ3v) is 3.77. The van der Waals surface area contributed by atoms with E-state index in [-0.39, 0.29) is 5.54 Å². The standard InChI is InChI=1S/C15H34N2O3/c1-5-7-17(15(3,6-2)14-16)8-9-19-12-13-20-11-10-18-4/h5-14,16H2,1-4H3. The largest absolute Gasteiger partial charge is 0.382 e. The lowest BCUT2D eigenvalue weighted by Crippen LogP contribution is -2.52. The Kier molecular flexibility index (Phi) is 12.4. The van der Waals surface area contributed by atoms with Gasteiger partial charge in [-0.05, 0) is 26.3 Å². The average Bonchev–Trinajstić information content (AvgIpc) is 2.48. The van der Waals surface area contributed by atoms with Gasteiger partial charge in [0.1, 0.15) is 0 Å². The molecule has 0 saturated heterocycles. The maximum Gasteiger partial charge on any atom is 0.0701 e. The molecule has 5 heteroatoms. The molecule has 2 N–H and O–H groups in total. The zero-order valence-corrected chi connectivity index (χ0v) is 13.8. The molecule has 5 nitrogen and oxygen atoms in total. The molecule has 1 unspecified atom stereocenters. The molecule has 0 aliphatic heterocycles. The van der Waals surface area contributed by atoms with E-state index in [4.69, 9.17) is 19.9 Å². The van der Waals surface area contributed by atoms with Crippen LogP contribution in [0, 0.1) is 0 Å². The van der Waals surface area contributed by atoms with E-state index in [0.717, 1.165) is 32.5 Å². The first-order valence-electron chi connectivity index (χ1n) is 7.74. The number of nitrogens with two attached hydrogens (primary N) is 1. The predicted octanol–water partition coefficient (Wildman–Crippen LogP) is 1.51. The first kappa shape index (κ1) is 19.8. The second-order valence-corrected chi connectivity index (χ2v) is 5.26. The van der Waals surface area contributed by atoms with Gasteiger partial charge < -0.3 is 19.9 Å². The highest BCUT2D eigenvalue weighted by Crippen LogP contribution is 2.18. The highest BCUT2D eigenvalue weighted by Gasteiger charge is 2.27. The second kappa shape index (κ2) is 12.5. The van der Waals surface area contributed by atoms with E-state index in [9.17, 15) is 0 Å². The maximum atomic E-state index is 5.93. The number of hydrogen-bond acceptors (Lipinski definition) is 5. The Morgan fingerprint density at radius 2 is 1.55 bits per heavy atom. The van der Waals surface area contributed by atoms with Gasteiger partial charge in [-0.2, -0.15) is 0 Å². The molecule has 0 spiro atoms. The quantitative estimate of drug-likeness (QED) is 0.491. The van der Waals surface area contributed by atoms with Gasteiger partial charge in [-0.15, -0.1) is 0 Å². The monoisotopic (exact) mass is 290 g/mol. The average molecular weight is 290 g/mol. The summed E-state index contributed by atoms with van der Waals surface area (Å²) in [6, 6.07) is 0. The van der Waals surface area contributed by atoms with Gasteiger partial charge in [0.15, 0.2) is 0 Å². The van der Waals surface area contributed by atoms with Crippen molar-refractivity contribution in [3.63, 3.8) is 0 Å². The Balaban J connectivity index is 3.81. The molecule has 1 atom stereocenters. The summed E-state index contributed by atoms with van der Waals surface area (Å²) >= 11 is 0. The van der Waals surface area contributed by atoms with Crippen LogP contribution in [0.3, 0.4) is 0 Å². The van der Waals surface area contributed by atoms with Gasteiger partial charge in [-0.3, -0.25) is 4.90 Å². The lowest BCUT2D eigenvalue weighted by atomic mass is 9.96. The Bertz CT molecular complexity index is 211. The van der Waals surface area contributed by atoms with E-state index in [1.807, 2.05) is 0 Å². The van der Waals surface area contributed by atoms with Crippen molar-refractivity contribution in [3.05, 3.63) is 0 Å². The summed E-state index contributed by atoms with van der Waals surface area (Å²) in [6.07, 6.45) is 2.19. The highest BCUT2D eigenvalue weighted by molar-refractivity contribution is 4.85. The Hall–Kier alpha value is -0.200. The van der Waals surface area contributed by atoms with Crippen LogP contribution in [-0.2, 0) is 14.2 Å². The van der Waals surface area contributed by atoms with E-state index in [1.165, 1.54) is 0 Å². The molecule has 0 fully saturated rings. The van der Waals surface area contributed by atoms with Crippen molar-refractivity contribution in [3.8, 4) is 0 Å². The summed E-state index contributed by atoms with van der Waals surface area (Å²) in [5.41, 5.74) is 6.01. The second-order valence-electron chi connectivity index (χ2n) is 5.26. The van der Waals surface area contributed by atoms with Crippen molar-refractivity contribution in [2.24, 2.45) is 5.73 Å². The van der Waals surface area contributed by atoms with Crippen molar-refractivity contribution in [1.29, 1.82) is 0 Å². The van der Waals surface area contributed by atoms with Crippen molar-refractivity contribution in [2.45, 2.75) is 39.2 Å². The molecule has 20 heavy (non-hydrogen) atoms. The summed E-state index contributed by atoms with van der Waals surface area (Å²) in [7, 11) is 1.67. The lowest BCUT2D eigenvalue weighted by molar-refractivity contribution is 0.00834. The topological polar surface area (TPSA) is 57.0 Å². The number of hydrogen-bond donors (Lipinski definition) is 1. The molecule has 0 aromatic heterocycles. The summed E-state index contributed by atoms with van der Waals surface area (Å²) in [5, 5.41) is 0. The smallest absolute Gasteiger partial charge is 0.0701 e. The van der Waals surface area contributed by atoms with Crippen LogP contribution < -0.4 is 5.73 Å². The third kappa shape index (κ3) is 8.17. The molecule has 0 rings (SSSR count). The summed E-state index contributed by atoms with van der Waals surface area (Å²) in [5.74, 6) is 0. The van der Waals surface area contributed by atoms with Gasteiger partial charge in [0.2, 0.25) is 0 Å². The van der Waals surface area contributed by atoms with Crippen molar-refractivity contribution in [2.75, 3.05) is 59.8 Å². The molecule has 0 bridgehead atoms. The van der Waals surface area contributed by atoms with Gasteiger partial charge >= 0.3 is 0 Å². The van der Waals surface area contributed by atoms with Crippen LogP contribution in [0.5, 0.6) is 0 Å². The minimum Gasteiger partial charge on any atom is -0.382 e. The molecule has 0 aromatic rings. The lowest BCUT2D eigenvalue weighted by Gasteiger charge is -2.40. The Morgan fingerprint density at radius 3 is 2.05 bits per heavy atom. The van der Waals surface area contributed by atoms with Crippen LogP contribution in [0.2, 0.25) is 0 Å². The first-order chi connectivity index (χ1) is 9.64. The normalized spacial score (nSPS) is 14.7. The van der Waals surface area contributed by atoms with E-state index < -0.39 is 0 Å². The molecule has 0 aliphatic rings. The van der Waals surface area contributed by atoms with Gasteiger partial charge in [0, 0.05) is 25.7 Å². The fraction of sp³-hybridized carbons (Fsp3) is 1.00. The molecule has 0 heterocycles. The summed E-state index contributed by atoms with van der Waals surface area (Å²) in [6.45, 7) is 12.5. The van der Waals surface area contributed by atoms with Crippen LogP contribution in [0.1, 0.15) is 33.6 Å². The van der Waals surface area contributed by atoms with Crippen LogP contribution >= 0.6 is 0 Å². The van der Waals surface area contributed by atoms with Gasteiger partial charge in [0.05, 0.1) is 33.0 Å². The fourth-order valence-corrected chi connectivity index (χ4v) is 2.06. The zero-order chi connectivity index (χ0) is 15.3. The Labute approximate surface area is 124 Å².